The molecule has 4 heteroatoms. The minimum Gasteiger partial charge on any atom is -0.478 e. The number of carboxylic acids is 1. The molecule has 0 atom stereocenters. The van der Waals surface area contributed by atoms with Gasteiger partial charge in [0.15, 0.2) is 0 Å². The fourth-order valence-corrected chi connectivity index (χ4v) is 0.842. The topological polar surface area (TPSA) is 66.4 Å². The third-order valence-corrected chi connectivity index (χ3v) is 2.04. The number of aliphatic carboxylic acids is 1. The lowest BCUT2D eigenvalue weighted by atomic mass is 10.1. The minimum absolute atomic E-state index is 0.0963. The van der Waals surface area contributed by atoms with Crippen LogP contribution in [0.2, 0.25) is 0 Å². The monoisotopic (exact) mass is 199 g/mol. The first-order valence-electron chi connectivity index (χ1n) is 4.69. The number of unbranched alkanes of at least 4 members (excludes halogenated alkanes) is 1. The van der Waals surface area contributed by atoms with Crippen molar-refractivity contribution in [2.75, 3.05) is 6.54 Å². The maximum Gasteiger partial charge on any atom is 0.331 e. The van der Waals surface area contributed by atoms with E-state index in [0.29, 0.717) is 6.54 Å². The molecule has 0 fully saturated rings. The van der Waals surface area contributed by atoms with Gasteiger partial charge in [-0.1, -0.05) is 13.3 Å². The second-order valence-electron chi connectivity index (χ2n) is 3.16. The van der Waals surface area contributed by atoms with Crippen molar-refractivity contribution in [3.8, 4) is 0 Å². The smallest absolute Gasteiger partial charge is 0.331 e. The lowest BCUT2D eigenvalue weighted by Gasteiger charge is -2.05. The predicted molar refractivity (Wildman–Crippen MR) is 53.9 cm³/mol. The van der Waals surface area contributed by atoms with E-state index in [2.05, 4.69) is 5.32 Å². The van der Waals surface area contributed by atoms with Crippen molar-refractivity contribution in [3.63, 3.8) is 0 Å². The van der Waals surface area contributed by atoms with Crippen molar-refractivity contribution in [3.05, 3.63) is 11.1 Å². The van der Waals surface area contributed by atoms with E-state index in [9.17, 15) is 9.59 Å². The number of carbonyl (C=O) groups excluding carboxylic acids is 1. The van der Waals surface area contributed by atoms with Crippen LogP contribution in [0.15, 0.2) is 11.1 Å². The molecular formula is C10H17NO3. The number of carboxylic acid groups (broad SMARTS) is 1. The Morgan fingerprint density at radius 3 is 2.21 bits per heavy atom. The average Bonchev–Trinajstić information content (AvgIpc) is 2.15. The summed E-state index contributed by atoms with van der Waals surface area (Å²) in [6.07, 6.45) is 1.91. The summed E-state index contributed by atoms with van der Waals surface area (Å²) in [5.41, 5.74) is 0.368. The molecule has 0 aromatic heterocycles. The van der Waals surface area contributed by atoms with Crippen molar-refractivity contribution in [1.82, 2.24) is 5.32 Å². The molecule has 80 valence electrons. The van der Waals surface area contributed by atoms with E-state index < -0.39 is 5.97 Å². The van der Waals surface area contributed by atoms with Crippen LogP contribution in [-0.2, 0) is 9.59 Å². The zero-order valence-electron chi connectivity index (χ0n) is 8.89. The third kappa shape index (κ3) is 4.07. The normalized spacial score (nSPS) is 11.9. The molecule has 0 aromatic rings. The zero-order valence-corrected chi connectivity index (χ0v) is 8.89. The number of rotatable bonds is 5. The van der Waals surface area contributed by atoms with Gasteiger partial charge in [0.2, 0.25) is 5.91 Å². The minimum atomic E-state index is -1.05. The first-order valence-corrected chi connectivity index (χ1v) is 4.69. The lowest BCUT2D eigenvalue weighted by Crippen LogP contribution is -2.26. The van der Waals surface area contributed by atoms with Gasteiger partial charge in [0, 0.05) is 17.7 Å². The number of hydrogen-bond donors (Lipinski definition) is 2. The van der Waals surface area contributed by atoms with E-state index in [-0.39, 0.29) is 17.1 Å². The molecule has 0 aliphatic carbocycles. The quantitative estimate of drug-likeness (QED) is 0.518. The van der Waals surface area contributed by atoms with E-state index in [0.717, 1.165) is 12.8 Å². The Morgan fingerprint density at radius 1 is 1.21 bits per heavy atom. The van der Waals surface area contributed by atoms with Gasteiger partial charge < -0.3 is 10.4 Å². The molecular weight excluding hydrogens is 182 g/mol. The molecule has 0 bridgehead atoms. The molecule has 0 aliphatic rings. The SMILES string of the molecule is CCCCNC(=O)C(C)=C(C)C(=O)O. The molecule has 0 saturated heterocycles. The van der Waals surface area contributed by atoms with Gasteiger partial charge in [0.05, 0.1) is 0 Å². The first kappa shape index (κ1) is 12.7. The van der Waals surface area contributed by atoms with Crippen LogP contribution in [0.3, 0.4) is 0 Å². The van der Waals surface area contributed by atoms with Crippen molar-refractivity contribution in [2.24, 2.45) is 0 Å². The van der Waals surface area contributed by atoms with Gasteiger partial charge in [0.25, 0.3) is 0 Å². The van der Waals surface area contributed by atoms with E-state index in [1.165, 1.54) is 13.8 Å². The number of hydrogen-bond acceptors (Lipinski definition) is 2. The predicted octanol–water partition coefficient (Wildman–Crippen LogP) is 1.32. The number of carbonyl (C=O) groups is 2. The Hall–Kier alpha value is -1.32. The van der Waals surface area contributed by atoms with E-state index in [1.54, 1.807) is 0 Å². The number of nitrogens with one attached hydrogen (secondary N) is 1. The van der Waals surface area contributed by atoms with Crippen molar-refractivity contribution in [1.29, 1.82) is 0 Å². The Bertz CT molecular complexity index is 256. The second kappa shape index (κ2) is 6.18. The van der Waals surface area contributed by atoms with E-state index in [4.69, 9.17) is 5.11 Å². The molecule has 0 saturated carbocycles. The van der Waals surface area contributed by atoms with Crippen molar-refractivity contribution in [2.45, 2.75) is 33.6 Å². The maximum absolute atomic E-state index is 11.3. The summed E-state index contributed by atoms with van der Waals surface area (Å²) in [7, 11) is 0. The summed E-state index contributed by atoms with van der Waals surface area (Å²) in [6.45, 7) is 5.57. The van der Waals surface area contributed by atoms with E-state index in [1.807, 2.05) is 6.92 Å². The van der Waals surface area contributed by atoms with Crippen molar-refractivity contribution >= 4 is 11.9 Å². The highest BCUT2D eigenvalue weighted by Crippen LogP contribution is 2.03. The number of amides is 1. The molecule has 0 rings (SSSR count). The fourth-order valence-electron chi connectivity index (χ4n) is 0.842. The highest BCUT2D eigenvalue weighted by Gasteiger charge is 2.11. The zero-order chi connectivity index (χ0) is 11.1. The van der Waals surface area contributed by atoms with Gasteiger partial charge >= 0.3 is 5.97 Å². The Kier molecular flexibility index (Phi) is 5.60. The van der Waals surface area contributed by atoms with Crippen LogP contribution in [0.25, 0.3) is 0 Å². The van der Waals surface area contributed by atoms with Gasteiger partial charge in [0.1, 0.15) is 0 Å². The van der Waals surface area contributed by atoms with Gasteiger partial charge in [-0.05, 0) is 20.3 Å². The Balaban J connectivity index is 4.25. The first-order chi connectivity index (χ1) is 6.50. The van der Waals surface area contributed by atoms with Gasteiger partial charge in [-0.15, -0.1) is 0 Å². The average molecular weight is 199 g/mol. The molecule has 0 spiro atoms. The van der Waals surface area contributed by atoms with Crippen LogP contribution in [-0.4, -0.2) is 23.5 Å². The van der Waals surface area contributed by atoms with Crippen molar-refractivity contribution < 1.29 is 14.7 Å². The van der Waals surface area contributed by atoms with Crippen LogP contribution in [0.4, 0.5) is 0 Å². The van der Waals surface area contributed by atoms with Crippen LogP contribution < -0.4 is 5.32 Å². The van der Waals surface area contributed by atoms with Gasteiger partial charge in [-0.3, -0.25) is 4.79 Å². The Labute approximate surface area is 84.0 Å². The summed E-state index contributed by atoms with van der Waals surface area (Å²) in [4.78, 5) is 21.9. The highest BCUT2D eigenvalue weighted by atomic mass is 16.4. The van der Waals surface area contributed by atoms with Gasteiger partial charge in [-0.25, -0.2) is 4.79 Å². The lowest BCUT2D eigenvalue weighted by molar-refractivity contribution is -0.133. The van der Waals surface area contributed by atoms with Crippen LogP contribution in [0.1, 0.15) is 33.6 Å². The highest BCUT2D eigenvalue weighted by molar-refractivity contribution is 6.01. The summed E-state index contributed by atoms with van der Waals surface area (Å²) in [6, 6.07) is 0. The molecule has 0 unspecified atom stereocenters. The molecule has 4 nitrogen and oxygen atoms in total. The molecule has 0 heterocycles. The summed E-state index contributed by atoms with van der Waals surface area (Å²) < 4.78 is 0. The summed E-state index contributed by atoms with van der Waals surface area (Å²) >= 11 is 0. The maximum atomic E-state index is 11.3. The van der Waals surface area contributed by atoms with Crippen LogP contribution in [0, 0.1) is 0 Å². The summed E-state index contributed by atoms with van der Waals surface area (Å²) in [5.74, 6) is -1.34. The van der Waals surface area contributed by atoms with E-state index >= 15 is 0 Å². The Morgan fingerprint density at radius 2 is 1.79 bits per heavy atom. The molecule has 1 amide bonds. The molecule has 14 heavy (non-hydrogen) atoms. The molecule has 2 N–H and O–H groups in total. The largest absolute Gasteiger partial charge is 0.478 e. The standard InChI is InChI=1S/C10H17NO3/c1-4-5-6-11-9(12)7(2)8(3)10(13)14/h4-6H2,1-3H3,(H,11,12)(H,13,14). The van der Waals surface area contributed by atoms with Crippen LogP contribution in [0.5, 0.6) is 0 Å². The molecule has 0 aliphatic heterocycles. The molecule has 0 radical (unpaired) electrons. The summed E-state index contributed by atoms with van der Waals surface area (Å²) in [5, 5.41) is 11.3. The molecule has 0 aromatic carbocycles. The van der Waals surface area contributed by atoms with Gasteiger partial charge in [-0.2, -0.15) is 0 Å². The second-order valence-corrected chi connectivity index (χ2v) is 3.16. The van der Waals surface area contributed by atoms with Crippen LogP contribution >= 0.6 is 0 Å². The third-order valence-electron chi connectivity index (χ3n) is 2.04. The fraction of sp³-hybridized carbons (Fsp3) is 0.600.